The van der Waals surface area contributed by atoms with Gasteiger partial charge in [0.2, 0.25) is 0 Å². The van der Waals surface area contributed by atoms with Crippen LogP contribution in [0.4, 0.5) is 0 Å². The second kappa shape index (κ2) is 11.8. The molecule has 36 heavy (non-hydrogen) atoms. The van der Waals surface area contributed by atoms with Crippen molar-refractivity contribution in [2.24, 2.45) is 16.7 Å². The number of nitrogens with one attached hydrogen (secondary N) is 1. The average Bonchev–Trinajstić information content (AvgIpc) is 2.86. The first kappa shape index (κ1) is 26.9. The van der Waals surface area contributed by atoms with Gasteiger partial charge in [0, 0.05) is 18.5 Å². The molecule has 2 aromatic carbocycles. The maximum Gasteiger partial charge on any atom is 0.311 e. The van der Waals surface area contributed by atoms with Crippen LogP contribution in [0.25, 0.3) is 12.2 Å². The maximum absolute atomic E-state index is 13.1. The Morgan fingerprint density at radius 2 is 1.39 bits per heavy atom. The Labute approximate surface area is 213 Å². The van der Waals surface area contributed by atoms with Gasteiger partial charge >= 0.3 is 11.9 Å². The number of piperidine rings is 1. The van der Waals surface area contributed by atoms with Crippen LogP contribution < -0.4 is 5.32 Å². The van der Waals surface area contributed by atoms with Crippen LogP contribution in [-0.4, -0.2) is 34.2 Å². The summed E-state index contributed by atoms with van der Waals surface area (Å²) in [5.41, 5.74) is -0.928. The van der Waals surface area contributed by atoms with Crippen LogP contribution in [0.1, 0.15) is 50.7 Å². The normalized spacial score (nSPS) is 28.2. The Balaban J connectivity index is 2.11. The number of carboxylic acid groups (broad SMARTS) is 2. The molecule has 0 aromatic heterocycles. The zero-order valence-corrected chi connectivity index (χ0v) is 20.8. The molecule has 188 valence electrons. The molecule has 0 spiro atoms. The van der Waals surface area contributed by atoms with Crippen molar-refractivity contribution in [2.75, 3.05) is 0 Å². The van der Waals surface area contributed by atoms with Gasteiger partial charge in [-0.3, -0.25) is 9.59 Å². The fraction of sp³-hybridized carbons (Fsp3) is 0.367. The summed E-state index contributed by atoms with van der Waals surface area (Å²) in [6, 6.07) is 20.3. The van der Waals surface area contributed by atoms with E-state index >= 15 is 0 Å². The van der Waals surface area contributed by atoms with Crippen LogP contribution in [0.5, 0.6) is 0 Å². The molecule has 3 N–H and O–H groups in total. The summed E-state index contributed by atoms with van der Waals surface area (Å²) in [5, 5.41) is 33.9. The van der Waals surface area contributed by atoms with Gasteiger partial charge in [-0.25, -0.2) is 0 Å². The standard InChI is InChI=1S/C30H34N2O4/c1-22-29(27(33)34,19-10-17-25-14-7-4-8-15-25)26(18-9-16-24-12-5-3-6-13-24)30(28(35)36,20-11-21-31)23(2)32-22/h3-10,12-17,22-23,26,32H,11,18-20H2,1-2H3,(H,33,34)(H,35,36). The van der Waals surface area contributed by atoms with Gasteiger partial charge < -0.3 is 15.5 Å². The quantitative estimate of drug-likeness (QED) is 0.401. The van der Waals surface area contributed by atoms with Gasteiger partial charge in [-0.1, -0.05) is 85.0 Å². The minimum atomic E-state index is -1.43. The number of aliphatic carboxylic acids is 2. The van der Waals surface area contributed by atoms with E-state index in [-0.39, 0.29) is 25.7 Å². The van der Waals surface area contributed by atoms with Crippen molar-refractivity contribution in [3.63, 3.8) is 0 Å². The summed E-state index contributed by atoms with van der Waals surface area (Å²) < 4.78 is 0. The predicted octanol–water partition coefficient (Wildman–Crippen LogP) is 5.64. The van der Waals surface area contributed by atoms with E-state index in [1.807, 2.05) is 91.9 Å². The summed E-state index contributed by atoms with van der Waals surface area (Å²) in [5.74, 6) is -2.85. The third-order valence-corrected chi connectivity index (χ3v) is 7.78. The highest BCUT2D eigenvalue weighted by molar-refractivity contribution is 5.82. The molecule has 0 amide bonds. The Kier molecular flexibility index (Phi) is 8.84. The Morgan fingerprint density at radius 1 is 0.889 bits per heavy atom. The van der Waals surface area contributed by atoms with E-state index in [1.54, 1.807) is 6.92 Å². The molecule has 1 saturated heterocycles. The highest BCUT2D eigenvalue weighted by atomic mass is 16.4. The number of nitrogens with zero attached hydrogens (tertiary/aromatic N) is 1. The van der Waals surface area contributed by atoms with E-state index in [2.05, 4.69) is 11.4 Å². The molecule has 1 heterocycles. The first-order valence-corrected chi connectivity index (χ1v) is 12.3. The molecule has 1 aliphatic rings. The molecule has 5 atom stereocenters. The topological polar surface area (TPSA) is 110 Å². The molecule has 6 heteroatoms. The first-order chi connectivity index (χ1) is 17.3. The summed E-state index contributed by atoms with van der Waals surface area (Å²) in [6.45, 7) is 3.62. The molecule has 0 aliphatic carbocycles. The van der Waals surface area contributed by atoms with Crippen LogP contribution in [0.3, 0.4) is 0 Å². The third kappa shape index (κ3) is 5.27. The lowest BCUT2D eigenvalue weighted by Crippen LogP contribution is -2.70. The Morgan fingerprint density at radius 3 is 1.89 bits per heavy atom. The molecule has 0 radical (unpaired) electrons. The van der Waals surface area contributed by atoms with Crippen LogP contribution in [0.15, 0.2) is 72.8 Å². The predicted molar refractivity (Wildman–Crippen MR) is 141 cm³/mol. The number of benzene rings is 2. The average molecular weight is 487 g/mol. The number of carbonyl (C=O) groups is 2. The van der Waals surface area contributed by atoms with E-state index in [1.165, 1.54) is 0 Å². The minimum absolute atomic E-state index is 0.0289. The summed E-state index contributed by atoms with van der Waals surface area (Å²) >= 11 is 0. The molecule has 3 rings (SSSR count). The van der Waals surface area contributed by atoms with E-state index in [0.717, 1.165) is 11.1 Å². The number of hydrogen-bond donors (Lipinski definition) is 3. The number of carboxylic acids is 2. The molecule has 6 nitrogen and oxygen atoms in total. The zero-order valence-electron chi connectivity index (χ0n) is 20.8. The molecule has 1 aliphatic heterocycles. The number of allylic oxidation sites excluding steroid dienone is 2. The largest absolute Gasteiger partial charge is 0.481 e. The van der Waals surface area contributed by atoms with Crippen molar-refractivity contribution in [2.45, 2.75) is 51.6 Å². The summed E-state index contributed by atoms with van der Waals surface area (Å²) in [6.07, 6.45) is 8.01. The number of nitriles is 1. The van der Waals surface area contributed by atoms with Crippen LogP contribution in [0, 0.1) is 28.1 Å². The molecular weight excluding hydrogens is 452 g/mol. The number of hydrogen-bond acceptors (Lipinski definition) is 4. The second-order valence-electron chi connectivity index (χ2n) is 9.58. The first-order valence-electron chi connectivity index (χ1n) is 12.3. The van der Waals surface area contributed by atoms with E-state index in [0.29, 0.717) is 0 Å². The van der Waals surface area contributed by atoms with Crippen LogP contribution >= 0.6 is 0 Å². The lowest BCUT2D eigenvalue weighted by atomic mass is 9.50. The van der Waals surface area contributed by atoms with Crippen molar-refractivity contribution in [1.82, 2.24) is 5.32 Å². The van der Waals surface area contributed by atoms with Gasteiger partial charge in [0.1, 0.15) is 0 Å². The van der Waals surface area contributed by atoms with Crippen LogP contribution in [0.2, 0.25) is 0 Å². The van der Waals surface area contributed by atoms with Gasteiger partial charge in [-0.2, -0.15) is 5.26 Å². The SMILES string of the molecule is CC1NC(C)C(CCC#N)(C(=O)O)C(CC=Cc2ccccc2)C1(CC=Cc1ccccc1)C(=O)O. The molecule has 1 fully saturated rings. The van der Waals surface area contributed by atoms with E-state index in [9.17, 15) is 25.1 Å². The summed E-state index contributed by atoms with van der Waals surface area (Å²) in [4.78, 5) is 26.1. The zero-order chi connectivity index (χ0) is 26.2. The minimum Gasteiger partial charge on any atom is -0.481 e. The Hall–Kier alpha value is -3.69. The smallest absolute Gasteiger partial charge is 0.311 e. The van der Waals surface area contributed by atoms with Crippen molar-refractivity contribution in [1.29, 1.82) is 5.26 Å². The van der Waals surface area contributed by atoms with Crippen molar-refractivity contribution < 1.29 is 19.8 Å². The molecule has 5 unspecified atom stereocenters. The van der Waals surface area contributed by atoms with Gasteiger partial charge in [0.15, 0.2) is 0 Å². The van der Waals surface area contributed by atoms with Gasteiger partial charge in [-0.15, -0.1) is 0 Å². The Bertz CT molecular complexity index is 1140. The molecular formula is C30H34N2O4. The van der Waals surface area contributed by atoms with Crippen molar-refractivity contribution in [3.8, 4) is 6.07 Å². The summed E-state index contributed by atoms with van der Waals surface area (Å²) in [7, 11) is 0. The fourth-order valence-corrected chi connectivity index (χ4v) is 5.85. The van der Waals surface area contributed by atoms with Gasteiger partial charge in [-0.05, 0) is 50.2 Å². The molecule has 0 bridgehead atoms. The van der Waals surface area contributed by atoms with E-state index < -0.39 is 40.8 Å². The highest BCUT2D eigenvalue weighted by Crippen LogP contribution is 2.55. The third-order valence-electron chi connectivity index (χ3n) is 7.78. The molecule has 2 aromatic rings. The fourth-order valence-electron chi connectivity index (χ4n) is 5.85. The number of rotatable bonds is 10. The maximum atomic E-state index is 13.1. The van der Waals surface area contributed by atoms with Gasteiger partial charge in [0.05, 0.1) is 16.9 Å². The van der Waals surface area contributed by atoms with Crippen molar-refractivity contribution in [3.05, 3.63) is 83.9 Å². The van der Waals surface area contributed by atoms with E-state index in [4.69, 9.17) is 0 Å². The lowest BCUT2D eigenvalue weighted by molar-refractivity contribution is -0.181. The monoisotopic (exact) mass is 486 g/mol. The van der Waals surface area contributed by atoms with Gasteiger partial charge in [0.25, 0.3) is 0 Å². The van der Waals surface area contributed by atoms with Crippen molar-refractivity contribution >= 4 is 24.1 Å². The highest BCUT2D eigenvalue weighted by Gasteiger charge is 2.65. The second-order valence-corrected chi connectivity index (χ2v) is 9.58. The van der Waals surface area contributed by atoms with Crippen LogP contribution in [-0.2, 0) is 9.59 Å². The lowest BCUT2D eigenvalue weighted by Gasteiger charge is -2.57. The molecule has 0 saturated carbocycles.